The molecule has 7 heteroatoms. The van der Waals surface area contributed by atoms with Crippen LogP contribution >= 0.6 is 23.8 Å². The number of thiocarbonyl (C=S) groups is 1. The van der Waals surface area contributed by atoms with E-state index in [-0.39, 0.29) is 18.7 Å². The predicted molar refractivity (Wildman–Crippen MR) is 129 cm³/mol. The van der Waals surface area contributed by atoms with Gasteiger partial charge in [-0.2, -0.15) is 0 Å². The molecule has 2 atom stereocenters. The number of halogens is 1. The summed E-state index contributed by atoms with van der Waals surface area (Å²) in [4.78, 5) is 6.79. The van der Waals surface area contributed by atoms with E-state index in [0.717, 1.165) is 28.3 Å². The van der Waals surface area contributed by atoms with E-state index in [1.807, 2.05) is 42.6 Å². The first-order valence-corrected chi connectivity index (χ1v) is 11.2. The molecule has 1 saturated heterocycles. The highest BCUT2D eigenvalue weighted by Gasteiger charge is 2.41. The van der Waals surface area contributed by atoms with Gasteiger partial charge < -0.3 is 19.9 Å². The fourth-order valence-corrected chi connectivity index (χ4v) is 5.01. The molecule has 0 spiro atoms. The summed E-state index contributed by atoms with van der Waals surface area (Å²) in [7, 11) is 0. The molecule has 0 aliphatic carbocycles. The van der Waals surface area contributed by atoms with Crippen LogP contribution in [0.5, 0.6) is 0 Å². The zero-order chi connectivity index (χ0) is 22.1. The number of aromatic nitrogens is 2. The minimum absolute atomic E-state index is 0.0200. The topological polar surface area (TPSA) is 53.3 Å². The van der Waals surface area contributed by atoms with Gasteiger partial charge in [0.25, 0.3) is 0 Å². The van der Waals surface area contributed by atoms with Crippen molar-refractivity contribution in [3.63, 3.8) is 0 Å². The van der Waals surface area contributed by atoms with E-state index < -0.39 is 0 Å². The quantitative estimate of drug-likeness (QED) is 0.523. The van der Waals surface area contributed by atoms with Gasteiger partial charge >= 0.3 is 0 Å². The summed E-state index contributed by atoms with van der Waals surface area (Å²) in [5, 5.41) is 14.3. The minimum atomic E-state index is -0.0678. The Labute approximate surface area is 193 Å². The van der Waals surface area contributed by atoms with Gasteiger partial charge in [-0.05, 0) is 80.9 Å². The van der Waals surface area contributed by atoms with Crippen molar-refractivity contribution in [2.75, 3.05) is 13.2 Å². The summed E-state index contributed by atoms with van der Waals surface area (Å²) >= 11 is 12.0. The first kappa shape index (κ1) is 21.8. The van der Waals surface area contributed by atoms with Crippen LogP contribution in [-0.4, -0.2) is 37.8 Å². The van der Waals surface area contributed by atoms with Crippen LogP contribution in [0, 0.1) is 20.8 Å². The van der Waals surface area contributed by atoms with Gasteiger partial charge in [0.1, 0.15) is 0 Å². The number of nitrogens with zero attached hydrogens (tertiary/aromatic N) is 3. The maximum absolute atomic E-state index is 9.44. The average Bonchev–Trinajstić information content (AvgIpc) is 3.24. The third-order valence-electron chi connectivity index (χ3n) is 5.96. The molecule has 1 aliphatic heterocycles. The highest BCUT2D eigenvalue weighted by atomic mass is 35.5. The molecule has 1 fully saturated rings. The van der Waals surface area contributed by atoms with Crippen molar-refractivity contribution in [1.29, 1.82) is 0 Å². The predicted octanol–water partition coefficient (Wildman–Crippen LogP) is 4.81. The molecule has 0 saturated carbocycles. The van der Waals surface area contributed by atoms with Crippen molar-refractivity contribution in [3.8, 4) is 5.69 Å². The second-order valence-electron chi connectivity index (χ2n) is 7.99. The van der Waals surface area contributed by atoms with E-state index in [1.165, 1.54) is 5.56 Å². The maximum Gasteiger partial charge on any atom is 0.170 e. The van der Waals surface area contributed by atoms with Gasteiger partial charge in [0.2, 0.25) is 0 Å². The summed E-state index contributed by atoms with van der Waals surface area (Å²) in [5.41, 5.74) is 6.67. The molecule has 0 amide bonds. The normalized spacial score (nSPS) is 18.5. The molecule has 2 aromatic heterocycles. The molecule has 5 nitrogen and oxygen atoms in total. The van der Waals surface area contributed by atoms with Gasteiger partial charge in [0.15, 0.2) is 5.11 Å². The lowest BCUT2D eigenvalue weighted by atomic mass is 9.96. The van der Waals surface area contributed by atoms with Crippen LogP contribution in [0.15, 0.2) is 48.7 Å². The fourth-order valence-electron chi connectivity index (χ4n) is 4.51. The molecule has 2 unspecified atom stereocenters. The average molecular weight is 455 g/mol. The van der Waals surface area contributed by atoms with E-state index in [1.54, 1.807) is 0 Å². The van der Waals surface area contributed by atoms with Gasteiger partial charge in [-0.3, -0.25) is 4.98 Å². The summed E-state index contributed by atoms with van der Waals surface area (Å²) < 4.78 is 2.26. The number of aliphatic hydroxyl groups excluding tert-OH is 1. The van der Waals surface area contributed by atoms with Gasteiger partial charge in [-0.25, -0.2) is 0 Å². The summed E-state index contributed by atoms with van der Waals surface area (Å²) in [5.74, 6) is 0. The first-order chi connectivity index (χ1) is 14.9. The number of hydrogen-bond donors (Lipinski definition) is 2. The first-order valence-electron chi connectivity index (χ1n) is 10.5. The highest BCUT2D eigenvalue weighted by molar-refractivity contribution is 7.80. The van der Waals surface area contributed by atoms with Crippen molar-refractivity contribution >= 4 is 28.9 Å². The van der Waals surface area contributed by atoms with E-state index in [0.29, 0.717) is 23.1 Å². The summed E-state index contributed by atoms with van der Waals surface area (Å²) in [6, 6.07) is 14.1. The molecule has 1 aliphatic rings. The second kappa shape index (κ2) is 8.99. The zero-order valence-corrected chi connectivity index (χ0v) is 19.5. The monoisotopic (exact) mass is 454 g/mol. The minimum Gasteiger partial charge on any atom is -0.396 e. The van der Waals surface area contributed by atoms with Crippen molar-refractivity contribution in [2.24, 2.45) is 0 Å². The molecule has 0 bridgehead atoms. The van der Waals surface area contributed by atoms with Gasteiger partial charge in [0.05, 0.1) is 17.8 Å². The number of hydrogen-bond acceptors (Lipinski definition) is 3. The Bertz CT molecular complexity index is 1100. The largest absolute Gasteiger partial charge is 0.396 e. The molecule has 1 aromatic carbocycles. The lowest BCUT2D eigenvalue weighted by molar-refractivity contribution is 0.247. The van der Waals surface area contributed by atoms with Crippen molar-refractivity contribution < 1.29 is 5.11 Å². The Morgan fingerprint density at radius 2 is 1.97 bits per heavy atom. The third-order valence-corrected chi connectivity index (χ3v) is 6.54. The third kappa shape index (κ3) is 4.07. The smallest absolute Gasteiger partial charge is 0.170 e. The highest BCUT2D eigenvalue weighted by Crippen LogP contribution is 2.41. The Kier molecular flexibility index (Phi) is 6.32. The maximum atomic E-state index is 9.44. The van der Waals surface area contributed by atoms with Crippen LogP contribution in [0.3, 0.4) is 0 Å². The van der Waals surface area contributed by atoms with Crippen LogP contribution in [-0.2, 0) is 0 Å². The SMILES string of the molecule is Cc1ccc(Cl)cc1-n1c(C)cc(C2C(c3ccccn3)NC(=S)N2CCCO)c1C. The Hall–Kier alpha value is -2.41. The van der Waals surface area contributed by atoms with Gasteiger partial charge in [-0.15, -0.1) is 0 Å². The number of benzene rings is 1. The van der Waals surface area contributed by atoms with Gasteiger partial charge in [0, 0.05) is 41.4 Å². The van der Waals surface area contributed by atoms with Crippen LogP contribution in [0.2, 0.25) is 5.02 Å². The second-order valence-corrected chi connectivity index (χ2v) is 8.81. The van der Waals surface area contributed by atoms with Crippen LogP contribution in [0.1, 0.15) is 46.7 Å². The fraction of sp³-hybridized carbons (Fsp3) is 0.333. The molecule has 162 valence electrons. The molecule has 0 radical (unpaired) electrons. The number of nitrogens with one attached hydrogen (secondary N) is 1. The molecular weight excluding hydrogens is 428 g/mol. The molecular formula is C24H27ClN4OS. The van der Waals surface area contributed by atoms with Gasteiger partial charge in [-0.1, -0.05) is 23.7 Å². The standard InChI is InChI=1S/C24H27ClN4OS/c1-15-8-9-18(25)14-21(15)29-16(2)13-19(17(29)3)23-22(20-7-4-5-10-26-20)27-24(31)28(23)11-6-12-30/h4-5,7-10,13-14,22-23,30H,6,11-12H2,1-3H3,(H,27,31). The van der Waals surface area contributed by atoms with E-state index in [2.05, 4.69) is 46.6 Å². The molecule has 3 heterocycles. The van der Waals surface area contributed by atoms with E-state index in [4.69, 9.17) is 23.8 Å². The summed E-state index contributed by atoms with van der Waals surface area (Å²) in [6.07, 6.45) is 2.46. The van der Waals surface area contributed by atoms with Crippen molar-refractivity contribution in [1.82, 2.24) is 19.8 Å². The Morgan fingerprint density at radius 3 is 2.68 bits per heavy atom. The molecule has 2 N–H and O–H groups in total. The number of pyridine rings is 1. The Morgan fingerprint density at radius 1 is 1.16 bits per heavy atom. The number of rotatable bonds is 6. The van der Waals surface area contributed by atoms with Crippen LogP contribution < -0.4 is 5.32 Å². The van der Waals surface area contributed by atoms with E-state index >= 15 is 0 Å². The van der Waals surface area contributed by atoms with Crippen LogP contribution in [0.4, 0.5) is 0 Å². The van der Waals surface area contributed by atoms with Crippen LogP contribution in [0.25, 0.3) is 5.69 Å². The molecule has 4 rings (SSSR count). The number of aryl methyl sites for hydroxylation is 2. The summed E-state index contributed by atoms with van der Waals surface area (Å²) in [6.45, 7) is 7.16. The van der Waals surface area contributed by atoms with Crippen molar-refractivity contribution in [3.05, 3.63) is 81.9 Å². The van der Waals surface area contributed by atoms with E-state index in [9.17, 15) is 5.11 Å². The molecule has 3 aromatic rings. The number of aliphatic hydroxyl groups is 1. The lowest BCUT2D eigenvalue weighted by Crippen LogP contribution is -2.31. The molecule has 31 heavy (non-hydrogen) atoms. The zero-order valence-electron chi connectivity index (χ0n) is 18.0. The van der Waals surface area contributed by atoms with Crippen molar-refractivity contribution in [2.45, 2.75) is 39.3 Å². The Balaban J connectivity index is 1.84. The lowest BCUT2D eigenvalue weighted by Gasteiger charge is -2.28.